The Labute approximate surface area is 127 Å². The van der Waals surface area contributed by atoms with Gasteiger partial charge in [0, 0.05) is 12.1 Å². The smallest absolute Gasteiger partial charge is 0.317 e. The van der Waals surface area contributed by atoms with E-state index in [1.54, 1.807) is 0 Å². The van der Waals surface area contributed by atoms with Crippen LogP contribution in [0.5, 0.6) is 0 Å². The van der Waals surface area contributed by atoms with Crippen molar-refractivity contribution in [2.24, 2.45) is 11.8 Å². The predicted octanol–water partition coefficient (Wildman–Crippen LogP) is 1.87. The van der Waals surface area contributed by atoms with E-state index >= 15 is 0 Å². The normalized spacial score (nSPS) is 30.5. The summed E-state index contributed by atoms with van der Waals surface area (Å²) < 4.78 is 0. The lowest BCUT2D eigenvalue weighted by Crippen LogP contribution is -2.58. The molecule has 0 aromatic carbocycles. The monoisotopic (exact) mass is 296 g/mol. The Morgan fingerprint density at radius 1 is 1.19 bits per heavy atom. The number of carbonyl (C=O) groups excluding carboxylic acids is 1. The van der Waals surface area contributed by atoms with Crippen LogP contribution in [-0.4, -0.2) is 46.6 Å². The molecular weight excluding hydrogens is 268 g/mol. The van der Waals surface area contributed by atoms with Crippen molar-refractivity contribution < 1.29 is 14.7 Å². The molecule has 0 spiro atoms. The molecule has 2 fully saturated rings. The molecule has 1 saturated heterocycles. The number of rotatable bonds is 3. The van der Waals surface area contributed by atoms with E-state index in [0.29, 0.717) is 11.8 Å². The standard InChI is InChI=1S/C16H28N2O3/c1-16(2,3)17-15(21)13-8-11-6-4-5-7-12(11)9-18(13)10-14(19)20/h11-13H,4-10H2,1-3H3,(H,17,21)(H,19,20). The summed E-state index contributed by atoms with van der Waals surface area (Å²) in [6.45, 7) is 6.58. The van der Waals surface area contributed by atoms with Crippen LogP contribution in [0.15, 0.2) is 0 Å². The van der Waals surface area contributed by atoms with Crippen molar-refractivity contribution in [3.8, 4) is 0 Å². The third-order valence-corrected chi connectivity index (χ3v) is 4.64. The fourth-order valence-electron chi connectivity index (χ4n) is 3.77. The summed E-state index contributed by atoms with van der Waals surface area (Å²) in [5.74, 6) is 0.280. The second-order valence-corrected chi connectivity index (χ2v) is 7.62. The molecular formula is C16H28N2O3. The first-order valence-corrected chi connectivity index (χ1v) is 8.04. The van der Waals surface area contributed by atoms with Crippen molar-refractivity contribution in [1.82, 2.24) is 10.2 Å². The van der Waals surface area contributed by atoms with Crippen molar-refractivity contribution in [1.29, 1.82) is 0 Å². The average molecular weight is 296 g/mol. The lowest BCUT2D eigenvalue weighted by atomic mass is 9.72. The number of carboxylic acids is 1. The second kappa shape index (κ2) is 6.34. The molecule has 0 radical (unpaired) electrons. The Morgan fingerprint density at radius 2 is 1.81 bits per heavy atom. The molecule has 120 valence electrons. The van der Waals surface area contributed by atoms with Gasteiger partial charge in [-0.15, -0.1) is 0 Å². The van der Waals surface area contributed by atoms with Gasteiger partial charge in [-0.2, -0.15) is 0 Å². The van der Waals surface area contributed by atoms with E-state index in [2.05, 4.69) is 5.32 Å². The largest absolute Gasteiger partial charge is 0.480 e. The zero-order chi connectivity index (χ0) is 15.6. The Kier molecular flexibility index (Phi) is 4.91. The van der Waals surface area contributed by atoms with Crippen LogP contribution in [0.1, 0.15) is 52.9 Å². The van der Waals surface area contributed by atoms with Gasteiger partial charge in [-0.3, -0.25) is 14.5 Å². The lowest BCUT2D eigenvalue weighted by molar-refractivity contribution is -0.142. The first-order chi connectivity index (χ1) is 9.76. The molecule has 2 rings (SSSR count). The summed E-state index contributed by atoms with van der Waals surface area (Å²) in [6.07, 6.45) is 5.65. The fourth-order valence-corrected chi connectivity index (χ4v) is 3.77. The molecule has 0 bridgehead atoms. The van der Waals surface area contributed by atoms with Crippen molar-refractivity contribution in [2.45, 2.75) is 64.5 Å². The number of nitrogens with zero attached hydrogens (tertiary/aromatic N) is 1. The zero-order valence-electron chi connectivity index (χ0n) is 13.4. The van der Waals surface area contributed by atoms with Gasteiger partial charge in [0.2, 0.25) is 5.91 Å². The van der Waals surface area contributed by atoms with E-state index in [1.807, 2.05) is 25.7 Å². The highest BCUT2D eigenvalue weighted by molar-refractivity contribution is 5.83. The third-order valence-electron chi connectivity index (χ3n) is 4.64. The van der Waals surface area contributed by atoms with Gasteiger partial charge in [-0.1, -0.05) is 19.3 Å². The van der Waals surface area contributed by atoms with Crippen LogP contribution < -0.4 is 5.32 Å². The zero-order valence-corrected chi connectivity index (χ0v) is 13.4. The summed E-state index contributed by atoms with van der Waals surface area (Å²) in [5, 5.41) is 12.1. The number of fused-ring (bicyclic) bond motifs is 1. The highest BCUT2D eigenvalue weighted by Crippen LogP contribution is 2.38. The number of likely N-dealkylation sites (tertiary alicyclic amines) is 1. The molecule has 1 saturated carbocycles. The molecule has 2 aliphatic rings. The van der Waals surface area contributed by atoms with Gasteiger partial charge < -0.3 is 10.4 Å². The maximum absolute atomic E-state index is 12.5. The maximum atomic E-state index is 12.5. The Bertz CT molecular complexity index is 403. The van der Waals surface area contributed by atoms with E-state index in [9.17, 15) is 9.59 Å². The highest BCUT2D eigenvalue weighted by Gasteiger charge is 2.40. The van der Waals surface area contributed by atoms with E-state index in [-0.39, 0.29) is 24.0 Å². The van der Waals surface area contributed by atoms with Crippen molar-refractivity contribution in [3.63, 3.8) is 0 Å². The summed E-state index contributed by atoms with van der Waals surface area (Å²) in [4.78, 5) is 25.5. The molecule has 21 heavy (non-hydrogen) atoms. The number of carboxylic acid groups (broad SMARTS) is 1. The molecule has 1 aliphatic carbocycles. The van der Waals surface area contributed by atoms with Gasteiger partial charge in [0.05, 0.1) is 12.6 Å². The molecule has 3 unspecified atom stereocenters. The van der Waals surface area contributed by atoms with Crippen LogP contribution in [0.3, 0.4) is 0 Å². The van der Waals surface area contributed by atoms with Crippen molar-refractivity contribution in [3.05, 3.63) is 0 Å². The molecule has 3 atom stereocenters. The molecule has 5 heteroatoms. The SMILES string of the molecule is CC(C)(C)NC(=O)C1CC2CCCCC2CN1CC(=O)O. The van der Waals surface area contributed by atoms with Crippen LogP contribution in [0.25, 0.3) is 0 Å². The molecule has 5 nitrogen and oxygen atoms in total. The van der Waals surface area contributed by atoms with Crippen LogP contribution in [0, 0.1) is 11.8 Å². The van der Waals surface area contributed by atoms with Gasteiger partial charge in [-0.25, -0.2) is 0 Å². The van der Waals surface area contributed by atoms with Crippen LogP contribution in [0.4, 0.5) is 0 Å². The summed E-state index contributed by atoms with van der Waals surface area (Å²) >= 11 is 0. The van der Waals surface area contributed by atoms with E-state index in [4.69, 9.17) is 5.11 Å². The summed E-state index contributed by atoms with van der Waals surface area (Å²) in [6, 6.07) is -0.292. The van der Waals surface area contributed by atoms with Crippen molar-refractivity contribution in [2.75, 3.05) is 13.1 Å². The molecule has 0 aromatic rings. The number of aliphatic carboxylic acids is 1. The van der Waals surface area contributed by atoms with Crippen molar-refractivity contribution >= 4 is 11.9 Å². The average Bonchev–Trinajstić information content (AvgIpc) is 2.35. The van der Waals surface area contributed by atoms with E-state index in [1.165, 1.54) is 25.7 Å². The number of nitrogens with one attached hydrogen (secondary N) is 1. The Balaban J connectivity index is 2.10. The highest BCUT2D eigenvalue weighted by atomic mass is 16.4. The minimum Gasteiger partial charge on any atom is -0.480 e. The number of carbonyl (C=O) groups is 2. The summed E-state index contributed by atoms with van der Waals surface area (Å²) in [7, 11) is 0. The van der Waals surface area contributed by atoms with Gasteiger partial charge in [-0.05, 0) is 45.4 Å². The number of hydrogen-bond donors (Lipinski definition) is 2. The molecule has 2 N–H and O–H groups in total. The molecule has 1 heterocycles. The van der Waals surface area contributed by atoms with Gasteiger partial charge in [0.1, 0.15) is 0 Å². The van der Waals surface area contributed by atoms with Crippen LogP contribution in [-0.2, 0) is 9.59 Å². The summed E-state index contributed by atoms with van der Waals surface area (Å²) in [5.41, 5.74) is -0.282. The first-order valence-electron chi connectivity index (χ1n) is 8.04. The Morgan fingerprint density at radius 3 is 2.38 bits per heavy atom. The van der Waals surface area contributed by atoms with Gasteiger partial charge in [0.25, 0.3) is 0 Å². The minimum absolute atomic E-state index is 0.0206. The fraction of sp³-hybridized carbons (Fsp3) is 0.875. The number of amides is 1. The predicted molar refractivity (Wildman–Crippen MR) is 81.0 cm³/mol. The van der Waals surface area contributed by atoms with Crippen LogP contribution >= 0.6 is 0 Å². The molecule has 0 aromatic heterocycles. The van der Waals surface area contributed by atoms with E-state index in [0.717, 1.165) is 13.0 Å². The maximum Gasteiger partial charge on any atom is 0.317 e. The topological polar surface area (TPSA) is 69.6 Å². The number of piperidine rings is 1. The van der Waals surface area contributed by atoms with Gasteiger partial charge in [0.15, 0.2) is 0 Å². The lowest BCUT2D eigenvalue weighted by Gasteiger charge is -2.45. The van der Waals surface area contributed by atoms with E-state index < -0.39 is 5.97 Å². The minimum atomic E-state index is -0.849. The van der Waals surface area contributed by atoms with Crippen LogP contribution in [0.2, 0.25) is 0 Å². The number of hydrogen-bond acceptors (Lipinski definition) is 3. The molecule has 1 aliphatic heterocycles. The Hall–Kier alpha value is -1.10. The second-order valence-electron chi connectivity index (χ2n) is 7.62. The molecule has 1 amide bonds. The quantitative estimate of drug-likeness (QED) is 0.834. The van der Waals surface area contributed by atoms with Gasteiger partial charge >= 0.3 is 5.97 Å². The first kappa shape index (κ1) is 16.3. The third kappa shape index (κ3) is 4.43.